The second-order valence-electron chi connectivity index (χ2n) is 6.04. The van der Waals surface area contributed by atoms with Crippen molar-refractivity contribution in [2.24, 2.45) is 4.99 Å². The average Bonchev–Trinajstić information content (AvgIpc) is 2.71. The van der Waals surface area contributed by atoms with Crippen molar-refractivity contribution in [3.63, 3.8) is 0 Å². The van der Waals surface area contributed by atoms with Gasteiger partial charge in [-0.2, -0.15) is 5.10 Å². The van der Waals surface area contributed by atoms with Crippen LogP contribution in [0.2, 0.25) is 10.0 Å². The van der Waals surface area contributed by atoms with Crippen LogP contribution in [0.5, 0.6) is 5.88 Å². The van der Waals surface area contributed by atoms with Gasteiger partial charge in [0.25, 0.3) is 5.91 Å². The van der Waals surface area contributed by atoms with E-state index in [1.807, 2.05) is 30.3 Å². The monoisotopic (exact) mass is 415 g/mol. The summed E-state index contributed by atoms with van der Waals surface area (Å²) in [5.41, 5.74) is 1.09. The van der Waals surface area contributed by atoms with Crippen molar-refractivity contribution in [3.8, 4) is 11.6 Å². The second kappa shape index (κ2) is 9.53. The molecule has 3 rings (SSSR count). The van der Waals surface area contributed by atoms with Gasteiger partial charge in [-0.25, -0.2) is 9.67 Å². The SMILES string of the molecule is CCCCOc1c/c(=N\C(=O)c2cc(Cl)ccc2Cl)cnn1-c1ccccc1. The molecule has 1 amide bonds. The number of carbonyl (C=O) groups excluding carboxylic acids is 1. The highest BCUT2D eigenvalue weighted by Gasteiger charge is 2.11. The smallest absolute Gasteiger partial charge is 0.279 e. The summed E-state index contributed by atoms with van der Waals surface area (Å²) in [6.07, 6.45) is 3.43. The van der Waals surface area contributed by atoms with E-state index in [1.165, 1.54) is 12.3 Å². The van der Waals surface area contributed by atoms with E-state index in [9.17, 15) is 4.79 Å². The largest absolute Gasteiger partial charge is 0.478 e. The molecule has 3 aromatic rings. The topological polar surface area (TPSA) is 56.5 Å². The van der Waals surface area contributed by atoms with Gasteiger partial charge in [-0.15, -0.1) is 0 Å². The first-order valence-electron chi connectivity index (χ1n) is 8.90. The lowest BCUT2D eigenvalue weighted by Gasteiger charge is -2.13. The van der Waals surface area contributed by atoms with Crippen molar-refractivity contribution in [2.45, 2.75) is 19.8 Å². The molecule has 0 saturated heterocycles. The highest BCUT2D eigenvalue weighted by atomic mass is 35.5. The van der Waals surface area contributed by atoms with Crippen molar-refractivity contribution in [2.75, 3.05) is 6.61 Å². The maximum atomic E-state index is 12.5. The summed E-state index contributed by atoms with van der Waals surface area (Å²) in [5.74, 6) is 0.0113. The lowest BCUT2D eigenvalue weighted by molar-refractivity contribution is 0.0998. The molecule has 0 aliphatic carbocycles. The van der Waals surface area contributed by atoms with Crippen LogP contribution < -0.4 is 10.1 Å². The van der Waals surface area contributed by atoms with Gasteiger partial charge in [0.15, 0.2) is 0 Å². The summed E-state index contributed by atoms with van der Waals surface area (Å²) < 4.78 is 7.56. The average molecular weight is 416 g/mol. The highest BCUT2D eigenvalue weighted by molar-refractivity contribution is 6.35. The Balaban J connectivity index is 1.99. The maximum absolute atomic E-state index is 12.5. The van der Waals surface area contributed by atoms with Crippen LogP contribution in [0.15, 0.2) is 65.8 Å². The molecule has 2 aromatic carbocycles. The van der Waals surface area contributed by atoms with Crippen LogP contribution in [0.25, 0.3) is 5.69 Å². The number of halogens is 2. The number of amides is 1. The number of unbranched alkanes of at least 4 members (excludes halogenated alkanes) is 1. The molecule has 0 unspecified atom stereocenters. The normalized spacial score (nSPS) is 11.5. The van der Waals surface area contributed by atoms with Gasteiger partial charge >= 0.3 is 0 Å². The summed E-state index contributed by atoms with van der Waals surface area (Å²) >= 11 is 12.1. The van der Waals surface area contributed by atoms with E-state index in [2.05, 4.69) is 17.0 Å². The van der Waals surface area contributed by atoms with Crippen LogP contribution >= 0.6 is 23.2 Å². The summed E-state index contributed by atoms with van der Waals surface area (Å²) in [4.78, 5) is 16.6. The van der Waals surface area contributed by atoms with Crippen molar-refractivity contribution >= 4 is 29.1 Å². The Morgan fingerprint density at radius 1 is 1.14 bits per heavy atom. The molecule has 0 fully saturated rings. The van der Waals surface area contributed by atoms with Crippen LogP contribution in [0.4, 0.5) is 0 Å². The predicted molar refractivity (Wildman–Crippen MR) is 110 cm³/mol. The van der Waals surface area contributed by atoms with E-state index < -0.39 is 5.91 Å². The first kappa shape index (κ1) is 20.1. The number of carbonyl (C=O) groups is 1. The second-order valence-corrected chi connectivity index (χ2v) is 6.89. The number of hydrogen-bond acceptors (Lipinski definition) is 3. The van der Waals surface area contributed by atoms with Crippen LogP contribution in [0.1, 0.15) is 30.1 Å². The minimum absolute atomic E-state index is 0.238. The molecule has 0 N–H and O–H groups in total. The zero-order chi connectivity index (χ0) is 19.9. The zero-order valence-corrected chi connectivity index (χ0v) is 16.8. The molecule has 1 heterocycles. The summed E-state index contributed by atoms with van der Waals surface area (Å²) in [7, 11) is 0. The molecule has 0 aliphatic rings. The number of para-hydroxylation sites is 1. The van der Waals surface area contributed by atoms with E-state index in [0.29, 0.717) is 27.9 Å². The van der Waals surface area contributed by atoms with Gasteiger partial charge in [0.05, 0.1) is 34.4 Å². The van der Waals surface area contributed by atoms with Crippen LogP contribution in [0.3, 0.4) is 0 Å². The molecular formula is C21H19Cl2N3O2. The molecular weight excluding hydrogens is 397 g/mol. The van der Waals surface area contributed by atoms with E-state index in [0.717, 1.165) is 18.5 Å². The van der Waals surface area contributed by atoms with E-state index in [4.69, 9.17) is 27.9 Å². The van der Waals surface area contributed by atoms with Gasteiger partial charge in [0, 0.05) is 11.1 Å². The van der Waals surface area contributed by atoms with Crippen LogP contribution in [-0.2, 0) is 0 Å². The van der Waals surface area contributed by atoms with Crippen molar-refractivity contribution in [3.05, 3.63) is 81.8 Å². The van der Waals surface area contributed by atoms with Gasteiger partial charge in [0.2, 0.25) is 5.88 Å². The fourth-order valence-corrected chi connectivity index (χ4v) is 2.86. The van der Waals surface area contributed by atoms with Gasteiger partial charge in [0.1, 0.15) is 0 Å². The van der Waals surface area contributed by atoms with Gasteiger partial charge in [-0.3, -0.25) is 4.79 Å². The fourth-order valence-electron chi connectivity index (χ4n) is 2.49. The Kier molecular flexibility index (Phi) is 6.85. The molecule has 144 valence electrons. The lowest BCUT2D eigenvalue weighted by Crippen LogP contribution is -2.16. The Morgan fingerprint density at radius 2 is 1.93 bits per heavy atom. The third-order valence-corrected chi connectivity index (χ3v) is 4.49. The van der Waals surface area contributed by atoms with Gasteiger partial charge < -0.3 is 4.74 Å². The summed E-state index contributed by atoms with van der Waals surface area (Å²) in [5, 5.41) is 5.48. The Morgan fingerprint density at radius 3 is 2.68 bits per heavy atom. The number of ether oxygens (including phenoxy) is 1. The summed E-state index contributed by atoms with van der Waals surface area (Å²) in [6.45, 7) is 2.63. The molecule has 0 atom stereocenters. The van der Waals surface area contributed by atoms with Crippen LogP contribution in [-0.4, -0.2) is 22.3 Å². The molecule has 28 heavy (non-hydrogen) atoms. The molecule has 1 aromatic heterocycles. The molecule has 0 saturated carbocycles. The quantitative estimate of drug-likeness (QED) is 0.526. The third kappa shape index (κ3) is 5.00. The van der Waals surface area contributed by atoms with E-state index >= 15 is 0 Å². The molecule has 0 spiro atoms. The predicted octanol–water partition coefficient (Wildman–Crippen LogP) is 5.10. The third-order valence-electron chi connectivity index (χ3n) is 3.92. The standard InChI is InChI=1S/C21H19Cl2N3O2/c1-2-3-11-28-20-13-16(14-24-26(20)17-7-5-4-6-8-17)25-21(27)18-12-15(22)9-10-19(18)23/h4-10,12-14H,2-3,11H2,1H3/b25-16+. The van der Waals surface area contributed by atoms with Crippen molar-refractivity contribution in [1.29, 1.82) is 0 Å². The number of rotatable bonds is 6. The van der Waals surface area contributed by atoms with Gasteiger partial charge in [-0.1, -0.05) is 54.7 Å². The Hall–Kier alpha value is -2.63. The summed E-state index contributed by atoms with van der Waals surface area (Å²) in [6, 6.07) is 16.0. The fraction of sp³-hybridized carbons (Fsp3) is 0.190. The maximum Gasteiger partial charge on any atom is 0.279 e. The van der Waals surface area contributed by atoms with Crippen molar-refractivity contribution in [1.82, 2.24) is 9.78 Å². The van der Waals surface area contributed by atoms with E-state index in [-0.39, 0.29) is 5.56 Å². The molecule has 0 radical (unpaired) electrons. The molecule has 0 bridgehead atoms. The number of benzene rings is 2. The van der Waals surface area contributed by atoms with Gasteiger partial charge in [-0.05, 0) is 36.8 Å². The minimum Gasteiger partial charge on any atom is -0.478 e. The number of nitrogens with zero attached hydrogens (tertiary/aromatic N) is 3. The minimum atomic E-state index is -0.494. The highest BCUT2D eigenvalue weighted by Crippen LogP contribution is 2.21. The first-order valence-corrected chi connectivity index (χ1v) is 9.66. The Bertz CT molecular complexity index is 1030. The first-order chi connectivity index (χ1) is 13.6. The number of hydrogen-bond donors (Lipinski definition) is 0. The zero-order valence-electron chi connectivity index (χ0n) is 15.3. The number of aromatic nitrogens is 2. The van der Waals surface area contributed by atoms with Crippen molar-refractivity contribution < 1.29 is 9.53 Å². The molecule has 5 nitrogen and oxygen atoms in total. The lowest BCUT2D eigenvalue weighted by atomic mass is 10.2. The molecule has 0 aliphatic heterocycles. The van der Waals surface area contributed by atoms with Crippen LogP contribution in [0, 0.1) is 0 Å². The Labute approximate surface area is 173 Å². The van der Waals surface area contributed by atoms with E-state index in [1.54, 1.807) is 22.9 Å². The molecule has 7 heteroatoms.